The van der Waals surface area contributed by atoms with E-state index in [1.807, 2.05) is 19.1 Å². The van der Waals surface area contributed by atoms with Crippen LogP contribution >= 0.6 is 0 Å². The number of rotatable bonds is 6. The summed E-state index contributed by atoms with van der Waals surface area (Å²) >= 11 is 0. The van der Waals surface area contributed by atoms with Gasteiger partial charge in [-0.25, -0.2) is 4.98 Å². The van der Waals surface area contributed by atoms with Gasteiger partial charge in [-0.3, -0.25) is 0 Å². The Bertz CT molecular complexity index is 1250. The molecule has 37 heavy (non-hydrogen) atoms. The van der Waals surface area contributed by atoms with Crippen molar-refractivity contribution >= 4 is 16.6 Å². The van der Waals surface area contributed by atoms with Gasteiger partial charge in [0.25, 0.3) is 0 Å². The maximum atomic E-state index is 6.56. The Hall–Kier alpha value is -2.77. The minimum Gasteiger partial charge on any atom is -0.493 e. The molecule has 4 heterocycles. The molecule has 3 aromatic rings. The summed E-state index contributed by atoms with van der Waals surface area (Å²) in [6, 6.07) is 10.7. The molecule has 1 saturated carbocycles. The van der Waals surface area contributed by atoms with Crippen LogP contribution in [0.5, 0.6) is 11.5 Å². The predicted molar refractivity (Wildman–Crippen MR) is 148 cm³/mol. The summed E-state index contributed by atoms with van der Waals surface area (Å²) < 4.78 is 18.4. The Kier molecular flexibility index (Phi) is 6.53. The molecule has 1 aromatic carbocycles. The number of pyridine rings is 1. The molecule has 198 valence electrons. The molecule has 0 radical (unpaired) electrons. The second-order valence-electron chi connectivity index (χ2n) is 11.7. The standard InChI is InChI=1S/C30H40N4O3/c1-20-5-6-27(36-20)26-16-24(31-21-7-11-33(2)12-8-21)23-15-28(35-4)29(17-25(23)32-26)37-22-18-30(19-22)9-13-34(3)14-10-30/h5-6,15-17,21-22H,7-14,18-19H2,1-4H3,(H,31,32). The Balaban J connectivity index is 1.31. The first-order valence-electron chi connectivity index (χ1n) is 13.8. The van der Waals surface area contributed by atoms with Crippen LogP contribution in [0.15, 0.2) is 34.7 Å². The minimum atomic E-state index is 0.238. The number of hydrogen-bond donors (Lipinski definition) is 1. The lowest BCUT2D eigenvalue weighted by molar-refractivity contribution is -0.0523. The first-order chi connectivity index (χ1) is 17.9. The van der Waals surface area contributed by atoms with Gasteiger partial charge >= 0.3 is 0 Å². The van der Waals surface area contributed by atoms with E-state index in [-0.39, 0.29) is 6.10 Å². The lowest BCUT2D eigenvalue weighted by Gasteiger charge is -2.51. The molecule has 7 nitrogen and oxygen atoms in total. The normalized spacial score (nSPS) is 21.3. The van der Waals surface area contributed by atoms with Crippen molar-refractivity contribution in [3.63, 3.8) is 0 Å². The summed E-state index contributed by atoms with van der Waals surface area (Å²) in [5.41, 5.74) is 3.27. The fourth-order valence-corrected chi connectivity index (χ4v) is 6.35. The van der Waals surface area contributed by atoms with Crippen LogP contribution in [0.3, 0.4) is 0 Å². The maximum Gasteiger partial charge on any atom is 0.163 e. The van der Waals surface area contributed by atoms with Gasteiger partial charge in [0.1, 0.15) is 11.5 Å². The number of anilines is 1. The lowest BCUT2D eigenvalue weighted by Crippen LogP contribution is -2.50. The summed E-state index contributed by atoms with van der Waals surface area (Å²) in [7, 11) is 6.14. The third-order valence-corrected chi connectivity index (χ3v) is 8.83. The van der Waals surface area contributed by atoms with Crippen LogP contribution in [0.25, 0.3) is 22.4 Å². The van der Waals surface area contributed by atoms with Crippen molar-refractivity contribution in [1.29, 1.82) is 0 Å². The van der Waals surface area contributed by atoms with Crippen LogP contribution in [0.2, 0.25) is 0 Å². The molecule has 1 N–H and O–H groups in total. The van der Waals surface area contributed by atoms with Gasteiger partial charge in [0.05, 0.1) is 18.7 Å². The summed E-state index contributed by atoms with van der Waals surface area (Å²) in [4.78, 5) is 9.85. The fraction of sp³-hybridized carbons (Fsp3) is 0.567. The monoisotopic (exact) mass is 504 g/mol. The first kappa shape index (κ1) is 24.6. The smallest absolute Gasteiger partial charge is 0.163 e. The molecular weight excluding hydrogens is 464 g/mol. The molecule has 6 rings (SSSR count). The lowest BCUT2D eigenvalue weighted by atomic mass is 9.61. The highest BCUT2D eigenvalue weighted by Crippen LogP contribution is 2.51. The molecule has 0 amide bonds. The van der Waals surface area contributed by atoms with Gasteiger partial charge in [-0.2, -0.15) is 0 Å². The molecule has 7 heteroatoms. The molecule has 2 saturated heterocycles. The number of ether oxygens (including phenoxy) is 2. The highest BCUT2D eigenvalue weighted by molar-refractivity contribution is 5.95. The zero-order valence-corrected chi connectivity index (χ0v) is 22.7. The number of piperidine rings is 2. The third-order valence-electron chi connectivity index (χ3n) is 8.83. The van der Waals surface area contributed by atoms with Crippen LogP contribution in [0.4, 0.5) is 5.69 Å². The number of methoxy groups -OCH3 is 1. The predicted octanol–water partition coefficient (Wildman–Crippen LogP) is 5.57. The molecule has 3 fully saturated rings. The molecule has 3 aliphatic rings. The van der Waals surface area contributed by atoms with Crippen molar-refractivity contribution < 1.29 is 13.9 Å². The van der Waals surface area contributed by atoms with Crippen LogP contribution in [-0.2, 0) is 0 Å². The Morgan fingerprint density at radius 3 is 2.38 bits per heavy atom. The van der Waals surface area contributed by atoms with Crippen LogP contribution in [0, 0.1) is 12.3 Å². The first-order valence-corrected chi connectivity index (χ1v) is 13.8. The van der Waals surface area contributed by atoms with E-state index in [2.05, 4.69) is 47.4 Å². The molecular formula is C30H40N4O3. The van der Waals surface area contributed by atoms with Gasteiger partial charge in [-0.1, -0.05) is 0 Å². The number of nitrogens with one attached hydrogen (secondary N) is 1. The second kappa shape index (κ2) is 9.84. The average Bonchev–Trinajstić information content (AvgIpc) is 3.31. The molecule has 2 aromatic heterocycles. The van der Waals surface area contributed by atoms with Gasteiger partial charge in [-0.05, 0) is 115 Å². The zero-order chi connectivity index (χ0) is 25.6. The summed E-state index contributed by atoms with van der Waals surface area (Å²) in [5, 5.41) is 4.88. The van der Waals surface area contributed by atoms with Gasteiger partial charge in [0.15, 0.2) is 17.3 Å². The molecule has 0 atom stereocenters. The molecule has 1 aliphatic carbocycles. The number of likely N-dealkylation sites (tertiary alicyclic amines) is 2. The SMILES string of the molecule is COc1cc2c(NC3CCN(C)CC3)cc(-c3ccc(C)o3)nc2cc1OC1CC2(CCN(C)CC2)C1. The van der Waals surface area contributed by atoms with Crippen LogP contribution < -0.4 is 14.8 Å². The second-order valence-corrected chi connectivity index (χ2v) is 11.7. The van der Waals surface area contributed by atoms with E-state index in [9.17, 15) is 0 Å². The Morgan fingerprint density at radius 2 is 1.70 bits per heavy atom. The highest BCUT2D eigenvalue weighted by atomic mass is 16.5. The minimum absolute atomic E-state index is 0.238. The van der Waals surface area contributed by atoms with E-state index in [4.69, 9.17) is 18.9 Å². The Morgan fingerprint density at radius 1 is 0.973 bits per heavy atom. The number of nitrogens with zero attached hydrogens (tertiary/aromatic N) is 3. The van der Waals surface area contributed by atoms with E-state index in [0.717, 1.165) is 84.1 Å². The quantitative estimate of drug-likeness (QED) is 0.471. The number of aromatic nitrogens is 1. The van der Waals surface area contributed by atoms with Crippen molar-refractivity contribution in [2.24, 2.45) is 5.41 Å². The third kappa shape index (κ3) is 5.04. The summed E-state index contributed by atoms with van der Waals surface area (Å²) in [6.07, 6.45) is 7.28. The maximum absolute atomic E-state index is 6.56. The van der Waals surface area contributed by atoms with Crippen molar-refractivity contribution in [3.05, 3.63) is 36.1 Å². The van der Waals surface area contributed by atoms with Gasteiger partial charge in [0, 0.05) is 23.2 Å². The van der Waals surface area contributed by atoms with E-state index < -0.39 is 0 Å². The van der Waals surface area contributed by atoms with E-state index in [0.29, 0.717) is 11.5 Å². The number of fused-ring (bicyclic) bond motifs is 1. The van der Waals surface area contributed by atoms with Crippen molar-refractivity contribution in [1.82, 2.24) is 14.8 Å². The van der Waals surface area contributed by atoms with E-state index in [1.165, 1.54) is 25.9 Å². The van der Waals surface area contributed by atoms with Crippen molar-refractivity contribution in [3.8, 4) is 23.0 Å². The Labute approximate surface area is 220 Å². The number of benzene rings is 1. The molecule has 2 aliphatic heterocycles. The largest absolute Gasteiger partial charge is 0.493 e. The van der Waals surface area contributed by atoms with Crippen LogP contribution in [0.1, 0.15) is 44.3 Å². The number of hydrogen-bond acceptors (Lipinski definition) is 7. The fourth-order valence-electron chi connectivity index (χ4n) is 6.35. The number of furan rings is 1. The van der Waals surface area contributed by atoms with Crippen molar-refractivity contribution in [2.45, 2.75) is 57.6 Å². The van der Waals surface area contributed by atoms with Gasteiger partial charge in [-0.15, -0.1) is 0 Å². The van der Waals surface area contributed by atoms with E-state index >= 15 is 0 Å². The number of aryl methyl sites for hydroxylation is 1. The van der Waals surface area contributed by atoms with Gasteiger partial charge in [0.2, 0.25) is 0 Å². The molecule has 0 unspecified atom stereocenters. The molecule has 1 spiro atoms. The van der Waals surface area contributed by atoms with Crippen molar-refractivity contribution in [2.75, 3.05) is 52.7 Å². The summed E-state index contributed by atoms with van der Waals surface area (Å²) in [6.45, 7) is 6.56. The highest BCUT2D eigenvalue weighted by Gasteiger charge is 2.46. The topological polar surface area (TPSA) is 63.0 Å². The van der Waals surface area contributed by atoms with Crippen LogP contribution in [-0.4, -0.2) is 74.3 Å². The zero-order valence-electron chi connectivity index (χ0n) is 22.7. The van der Waals surface area contributed by atoms with Gasteiger partial charge < -0.3 is 29.0 Å². The summed E-state index contributed by atoms with van der Waals surface area (Å²) in [5.74, 6) is 3.22. The molecule has 0 bridgehead atoms. The van der Waals surface area contributed by atoms with E-state index in [1.54, 1.807) is 7.11 Å². The average molecular weight is 505 g/mol.